The fourth-order valence-corrected chi connectivity index (χ4v) is 2.03. The molecule has 1 saturated carbocycles. The molecule has 1 aliphatic carbocycles. The monoisotopic (exact) mass is 185 g/mol. The fraction of sp³-hybridized carbons (Fsp3) is 0.750. The number of hydrogen-bond donors (Lipinski definition) is 2. The van der Waals surface area contributed by atoms with E-state index in [1.807, 2.05) is 0 Å². The van der Waals surface area contributed by atoms with E-state index in [2.05, 4.69) is 5.32 Å². The third-order valence-corrected chi connectivity index (χ3v) is 2.70. The highest BCUT2D eigenvalue weighted by atomic mass is 16.6. The second kappa shape index (κ2) is 2.90. The van der Waals surface area contributed by atoms with Crippen LogP contribution in [0.1, 0.15) is 19.3 Å². The second-order valence-electron chi connectivity index (χ2n) is 3.54. The quantitative estimate of drug-likeness (QED) is 0.618. The van der Waals surface area contributed by atoms with Crippen molar-refractivity contribution in [1.82, 2.24) is 5.32 Å². The highest BCUT2D eigenvalue weighted by Crippen LogP contribution is 2.29. The number of rotatable bonds is 1. The van der Waals surface area contributed by atoms with Crippen molar-refractivity contribution in [3.63, 3.8) is 0 Å². The predicted octanol–water partition coefficient (Wildman–Crippen LogP) is 0.348. The number of aliphatic carboxylic acids is 1. The summed E-state index contributed by atoms with van der Waals surface area (Å²) >= 11 is 0. The molecule has 5 nitrogen and oxygen atoms in total. The maximum atomic E-state index is 10.9. The summed E-state index contributed by atoms with van der Waals surface area (Å²) in [7, 11) is 0. The first-order valence-corrected chi connectivity index (χ1v) is 4.37. The van der Waals surface area contributed by atoms with Crippen molar-refractivity contribution in [1.29, 1.82) is 0 Å². The van der Waals surface area contributed by atoms with Crippen LogP contribution in [0.25, 0.3) is 0 Å². The standard InChI is InChI=1S/C8H11NO4/c10-7(11)5-2-1-4-3-6(5)9-8(12)13-4/h4-6H,1-3H2,(H,9,12)(H,10,11)/t4-,5+,6-/m0/s1. The zero-order chi connectivity index (χ0) is 9.42. The molecule has 1 aliphatic heterocycles. The van der Waals surface area contributed by atoms with Gasteiger partial charge in [-0.25, -0.2) is 4.79 Å². The number of alkyl carbamates (subject to hydrolysis) is 1. The summed E-state index contributed by atoms with van der Waals surface area (Å²) in [5.41, 5.74) is 0. The van der Waals surface area contributed by atoms with Gasteiger partial charge in [0.1, 0.15) is 6.10 Å². The molecule has 0 spiro atoms. The molecule has 0 aromatic heterocycles. The van der Waals surface area contributed by atoms with Crippen LogP contribution in [0.3, 0.4) is 0 Å². The number of carbonyl (C=O) groups excluding carboxylic acids is 1. The maximum Gasteiger partial charge on any atom is 0.407 e. The molecule has 72 valence electrons. The van der Waals surface area contributed by atoms with Crippen LogP contribution >= 0.6 is 0 Å². The van der Waals surface area contributed by atoms with Gasteiger partial charge in [0, 0.05) is 12.5 Å². The van der Waals surface area contributed by atoms with Crippen molar-refractivity contribution >= 4 is 12.1 Å². The molecular formula is C8H11NO4. The molecule has 5 heteroatoms. The largest absolute Gasteiger partial charge is 0.481 e. The van der Waals surface area contributed by atoms with Crippen LogP contribution in [0, 0.1) is 5.92 Å². The van der Waals surface area contributed by atoms with E-state index in [0.29, 0.717) is 19.3 Å². The highest BCUT2D eigenvalue weighted by Gasteiger charge is 2.40. The van der Waals surface area contributed by atoms with E-state index >= 15 is 0 Å². The lowest BCUT2D eigenvalue weighted by molar-refractivity contribution is -0.145. The number of nitrogens with one attached hydrogen (secondary N) is 1. The minimum absolute atomic E-state index is 0.0747. The minimum atomic E-state index is -0.828. The van der Waals surface area contributed by atoms with Crippen LogP contribution in [0.5, 0.6) is 0 Å². The third kappa shape index (κ3) is 1.46. The molecule has 1 heterocycles. The average Bonchev–Trinajstić information content (AvgIpc) is 2.02. The molecule has 0 radical (unpaired) electrons. The van der Waals surface area contributed by atoms with Crippen molar-refractivity contribution in [3.8, 4) is 0 Å². The number of ether oxygens (including phenoxy) is 1. The Bertz CT molecular complexity index is 251. The lowest BCUT2D eigenvalue weighted by Gasteiger charge is -2.38. The van der Waals surface area contributed by atoms with Crippen molar-refractivity contribution in [3.05, 3.63) is 0 Å². The summed E-state index contributed by atoms with van der Waals surface area (Å²) in [4.78, 5) is 21.7. The maximum absolute atomic E-state index is 10.9. The van der Waals surface area contributed by atoms with Gasteiger partial charge in [-0.05, 0) is 12.8 Å². The Hall–Kier alpha value is -1.26. The predicted molar refractivity (Wildman–Crippen MR) is 42.2 cm³/mol. The molecule has 1 saturated heterocycles. The number of amides is 1. The fourth-order valence-electron chi connectivity index (χ4n) is 2.03. The van der Waals surface area contributed by atoms with Gasteiger partial charge in [0.25, 0.3) is 0 Å². The average molecular weight is 185 g/mol. The molecule has 0 aromatic rings. The summed E-state index contributed by atoms with van der Waals surface area (Å²) < 4.78 is 4.94. The summed E-state index contributed by atoms with van der Waals surface area (Å²) in [6, 6.07) is -0.238. The Labute approximate surface area is 75.1 Å². The molecule has 2 rings (SSSR count). The Morgan fingerprint density at radius 3 is 3.00 bits per heavy atom. The molecule has 13 heavy (non-hydrogen) atoms. The molecule has 0 aromatic carbocycles. The van der Waals surface area contributed by atoms with E-state index in [9.17, 15) is 9.59 Å². The van der Waals surface area contributed by atoms with Gasteiger partial charge in [-0.2, -0.15) is 0 Å². The van der Waals surface area contributed by atoms with Gasteiger partial charge >= 0.3 is 12.1 Å². The van der Waals surface area contributed by atoms with Crippen LogP contribution < -0.4 is 5.32 Å². The van der Waals surface area contributed by atoms with Crippen LogP contribution in [0.2, 0.25) is 0 Å². The summed E-state index contributed by atoms with van der Waals surface area (Å²) in [5, 5.41) is 11.4. The Morgan fingerprint density at radius 1 is 1.54 bits per heavy atom. The number of fused-ring (bicyclic) bond motifs is 2. The van der Waals surface area contributed by atoms with Gasteiger partial charge in [-0.1, -0.05) is 0 Å². The Morgan fingerprint density at radius 2 is 2.31 bits per heavy atom. The summed E-state index contributed by atoms with van der Waals surface area (Å²) in [6.45, 7) is 0. The van der Waals surface area contributed by atoms with Gasteiger partial charge < -0.3 is 15.2 Å². The highest BCUT2D eigenvalue weighted by molar-refractivity contribution is 5.74. The van der Waals surface area contributed by atoms with E-state index in [0.717, 1.165) is 0 Å². The second-order valence-corrected chi connectivity index (χ2v) is 3.54. The van der Waals surface area contributed by atoms with E-state index in [1.54, 1.807) is 0 Å². The van der Waals surface area contributed by atoms with E-state index in [4.69, 9.17) is 9.84 Å². The number of carboxylic acids is 1. The van der Waals surface area contributed by atoms with Crippen LogP contribution in [-0.4, -0.2) is 29.3 Å². The van der Waals surface area contributed by atoms with Gasteiger partial charge in [0.15, 0.2) is 0 Å². The Balaban J connectivity index is 2.10. The number of carboxylic acid groups (broad SMARTS) is 1. The van der Waals surface area contributed by atoms with Crippen LogP contribution in [-0.2, 0) is 9.53 Å². The number of carbonyl (C=O) groups is 2. The van der Waals surface area contributed by atoms with Crippen molar-refractivity contribution < 1.29 is 19.4 Å². The first-order chi connectivity index (χ1) is 6.16. The zero-order valence-electron chi connectivity index (χ0n) is 7.03. The lowest BCUT2D eigenvalue weighted by Crippen LogP contribution is -2.54. The first kappa shape index (κ1) is 8.34. The minimum Gasteiger partial charge on any atom is -0.481 e. The normalized spacial score (nSPS) is 37.5. The zero-order valence-corrected chi connectivity index (χ0v) is 7.03. The van der Waals surface area contributed by atoms with Crippen LogP contribution in [0.4, 0.5) is 4.79 Å². The third-order valence-electron chi connectivity index (χ3n) is 2.70. The molecule has 2 bridgehead atoms. The van der Waals surface area contributed by atoms with E-state index in [-0.39, 0.29) is 12.1 Å². The number of hydrogen-bond acceptors (Lipinski definition) is 3. The summed E-state index contributed by atoms with van der Waals surface area (Å²) in [6.07, 6.45) is 1.33. The molecule has 3 atom stereocenters. The SMILES string of the molecule is O=C1N[C@H]2C[C@H](CC[C@H]2C(=O)O)O1. The van der Waals surface area contributed by atoms with E-state index in [1.165, 1.54) is 0 Å². The van der Waals surface area contributed by atoms with Gasteiger partial charge in [0.05, 0.1) is 5.92 Å². The molecular weight excluding hydrogens is 174 g/mol. The van der Waals surface area contributed by atoms with Gasteiger partial charge in [-0.3, -0.25) is 4.79 Å². The van der Waals surface area contributed by atoms with Crippen molar-refractivity contribution in [2.45, 2.75) is 31.4 Å². The van der Waals surface area contributed by atoms with Gasteiger partial charge in [-0.15, -0.1) is 0 Å². The molecule has 1 amide bonds. The van der Waals surface area contributed by atoms with Crippen molar-refractivity contribution in [2.24, 2.45) is 5.92 Å². The lowest BCUT2D eigenvalue weighted by atomic mass is 9.82. The smallest absolute Gasteiger partial charge is 0.407 e. The topological polar surface area (TPSA) is 75.6 Å². The van der Waals surface area contributed by atoms with Gasteiger partial charge in [0.2, 0.25) is 0 Å². The Kier molecular flexibility index (Phi) is 1.86. The van der Waals surface area contributed by atoms with E-state index < -0.39 is 18.0 Å². The first-order valence-electron chi connectivity index (χ1n) is 4.37. The van der Waals surface area contributed by atoms with Crippen molar-refractivity contribution in [2.75, 3.05) is 0 Å². The van der Waals surface area contributed by atoms with Crippen LogP contribution in [0.15, 0.2) is 0 Å². The molecule has 2 N–H and O–H groups in total. The molecule has 2 fully saturated rings. The molecule has 2 aliphatic rings. The summed E-state index contributed by atoms with van der Waals surface area (Å²) in [5.74, 6) is -1.27. The molecule has 0 unspecified atom stereocenters.